The summed E-state index contributed by atoms with van der Waals surface area (Å²) in [5.74, 6) is 1.07. The van der Waals surface area contributed by atoms with Crippen LogP contribution in [0.15, 0.2) is 12.1 Å². The molecule has 0 spiro atoms. The molecule has 0 aliphatic rings. The molecule has 0 bridgehead atoms. The molecule has 1 rings (SSSR count). The molecular weight excluding hydrogens is 268 g/mol. The highest BCUT2D eigenvalue weighted by atomic mass is 35.5. The van der Waals surface area contributed by atoms with Gasteiger partial charge in [-0.05, 0) is 37.0 Å². The van der Waals surface area contributed by atoms with E-state index in [0.717, 1.165) is 30.8 Å². The van der Waals surface area contributed by atoms with Gasteiger partial charge in [-0.15, -0.1) is 0 Å². The van der Waals surface area contributed by atoms with E-state index in [4.69, 9.17) is 11.6 Å². The quantitative estimate of drug-likeness (QED) is 0.595. The Balaban J connectivity index is 2.73. The molecule has 0 saturated heterocycles. The minimum atomic E-state index is 0.00935. The fourth-order valence-electron chi connectivity index (χ4n) is 1.62. The maximum absolute atomic E-state index is 12.2. The summed E-state index contributed by atoms with van der Waals surface area (Å²) in [5, 5.41) is 0.384. The second-order valence-corrected chi connectivity index (χ2v) is 5.47. The Hall–Kier alpha value is -0.740. The zero-order valence-electron chi connectivity index (χ0n) is 11.1. The van der Waals surface area contributed by atoms with Crippen molar-refractivity contribution in [1.82, 2.24) is 9.88 Å². The molecule has 1 amide bonds. The third kappa shape index (κ3) is 4.50. The Morgan fingerprint density at radius 1 is 1.50 bits per heavy atom. The van der Waals surface area contributed by atoms with Gasteiger partial charge < -0.3 is 4.90 Å². The molecule has 1 heterocycles. The summed E-state index contributed by atoms with van der Waals surface area (Å²) in [6.07, 6.45) is 3.85. The van der Waals surface area contributed by atoms with Gasteiger partial charge in [-0.25, -0.2) is 4.98 Å². The molecule has 18 heavy (non-hydrogen) atoms. The molecule has 1 aromatic heterocycles. The number of aryl methyl sites for hydroxylation is 1. The zero-order chi connectivity index (χ0) is 13.5. The number of rotatable bonds is 6. The Labute approximate surface area is 118 Å². The Bertz CT molecular complexity index is 412. The number of nitrogens with zero attached hydrogens (tertiary/aromatic N) is 2. The van der Waals surface area contributed by atoms with Gasteiger partial charge in [-0.1, -0.05) is 18.5 Å². The fourth-order valence-corrected chi connectivity index (χ4v) is 2.27. The van der Waals surface area contributed by atoms with Crippen LogP contribution >= 0.6 is 23.4 Å². The van der Waals surface area contributed by atoms with E-state index in [1.165, 1.54) is 0 Å². The predicted molar refractivity (Wildman–Crippen MR) is 78.6 cm³/mol. The summed E-state index contributed by atoms with van der Waals surface area (Å²) in [7, 11) is 1.82. The molecular formula is C13H19ClN2OS. The molecule has 0 aromatic carbocycles. The van der Waals surface area contributed by atoms with Crippen LogP contribution in [0.2, 0.25) is 5.15 Å². The van der Waals surface area contributed by atoms with Gasteiger partial charge in [0, 0.05) is 24.8 Å². The molecule has 5 heteroatoms. The number of hydrogen-bond donors (Lipinski definition) is 0. The first-order chi connectivity index (χ1) is 8.58. The average molecular weight is 287 g/mol. The number of hydrogen-bond acceptors (Lipinski definition) is 3. The number of pyridine rings is 1. The Kier molecular flexibility index (Phi) is 6.50. The van der Waals surface area contributed by atoms with Crippen molar-refractivity contribution in [2.45, 2.75) is 19.8 Å². The molecule has 3 nitrogen and oxygen atoms in total. The SMILES string of the molecule is CCc1cc(C(=O)N(C)CCCSC)cc(Cl)n1. The van der Waals surface area contributed by atoms with Crippen LogP contribution in [0.5, 0.6) is 0 Å². The number of amides is 1. The first kappa shape index (κ1) is 15.3. The summed E-state index contributed by atoms with van der Waals surface area (Å²) < 4.78 is 0. The van der Waals surface area contributed by atoms with Gasteiger partial charge in [0.2, 0.25) is 0 Å². The van der Waals surface area contributed by atoms with Crippen LogP contribution < -0.4 is 0 Å². The van der Waals surface area contributed by atoms with E-state index >= 15 is 0 Å². The van der Waals surface area contributed by atoms with Crippen LogP contribution in [0, 0.1) is 0 Å². The number of carbonyl (C=O) groups excluding carboxylic acids is 1. The van der Waals surface area contributed by atoms with E-state index in [2.05, 4.69) is 11.2 Å². The molecule has 0 saturated carbocycles. The maximum atomic E-state index is 12.2. The molecule has 0 N–H and O–H groups in total. The van der Waals surface area contributed by atoms with Gasteiger partial charge in [0.25, 0.3) is 5.91 Å². The van der Waals surface area contributed by atoms with Crippen molar-refractivity contribution >= 4 is 29.3 Å². The number of halogens is 1. The predicted octanol–water partition coefficient (Wildman–Crippen LogP) is 3.12. The van der Waals surface area contributed by atoms with Gasteiger partial charge in [0.15, 0.2) is 0 Å². The molecule has 0 atom stereocenters. The highest BCUT2D eigenvalue weighted by Gasteiger charge is 2.13. The summed E-state index contributed by atoms with van der Waals surface area (Å²) in [6.45, 7) is 2.76. The van der Waals surface area contributed by atoms with E-state index in [1.807, 2.05) is 20.0 Å². The highest BCUT2D eigenvalue weighted by Crippen LogP contribution is 2.13. The third-order valence-corrected chi connectivity index (χ3v) is 3.54. The minimum absolute atomic E-state index is 0.00935. The van der Waals surface area contributed by atoms with Crippen LogP contribution in [0.25, 0.3) is 0 Å². The van der Waals surface area contributed by atoms with Gasteiger partial charge in [-0.3, -0.25) is 4.79 Å². The lowest BCUT2D eigenvalue weighted by molar-refractivity contribution is 0.0795. The lowest BCUT2D eigenvalue weighted by atomic mass is 10.2. The fraction of sp³-hybridized carbons (Fsp3) is 0.538. The zero-order valence-corrected chi connectivity index (χ0v) is 12.6. The Morgan fingerprint density at radius 2 is 2.22 bits per heavy atom. The van der Waals surface area contributed by atoms with Crippen LogP contribution in [0.1, 0.15) is 29.4 Å². The normalized spacial score (nSPS) is 10.4. The summed E-state index contributed by atoms with van der Waals surface area (Å²) in [5.41, 5.74) is 1.47. The van der Waals surface area contributed by atoms with Crippen molar-refractivity contribution in [1.29, 1.82) is 0 Å². The van der Waals surface area contributed by atoms with Crippen LogP contribution in [-0.4, -0.2) is 41.4 Å². The molecule has 0 radical (unpaired) electrons. The van der Waals surface area contributed by atoms with Crippen molar-refractivity contribution in [3.05, 3.63) is 28.5 Å². The maximum Gasteiger partial charge on any atom is 0.253 e. The molecule has 0 aliphatic carbocycles. The third-order valence-electron chi connectivity index (χ3n) is 2.65. The topological polar surface area (TPSA) is 33.2 Å². The van der Waals surface area contributed by atoms with Crippen molar-refractivity contribution in [2.75, 3.05) is 25.6 Å². The van der Waals surface area contributed by atoms with Gasteiger partial charge in [0.05, 0.1) is 0 Å². The number of carbonyl (C=O) groups is 1. The van der Waals surface area contributed by atoms with E-state index in [9.17, 15) is 4.79 Å². The summed E-state index contributed by atoms with van der Waals surface area (Å²) >= 11 is 7.71. The van der Waals surface area contributed by atoms with E-state index in [1.54, 1.807) is 22.7 Å². The van der Waals surface area contributed by atoms with Crippen molar-refractivity contribution in [2.24, 2.45) is 0 Å². The molecule has 0 fully saturated rings. The minimum Gasteiger partial charge on any atom is -0.342 e. The van der Waals surface area contributed by atoms with E-state index in [0.29, 0.717) is 10.7 Å². The molecule has 0 unspecified atom stereocenters. The average Bonchev–Trinajstić information content (AvgIpc) is 2.37. The first-order valence-electron chi connectivity index (χ1n) is 5.99. The van der Waals surface area contributed by atoms with Crippen molar-refractivity contribution in [3.63, 3.8) is 0 Å². The largest absolute Gasteiger partial charge is 0.342 e. The second-order valence-electron chi connectivity index (χ2n) is 4.10. The second kappa shape index (κ2) is 7.64. The van der Waals surface area contributed by atoms with Crippen LogP contribution in [-0.2, 0) is 6.42 Å². The molecule has 100 valence electrons. The molecule has 0 aliphatic heterocycles. The number of aromatic nitrogens is 1. The summed E-state index contributed by atoms with van der Waals surface area (Å²) in [6, 6.07) is 3.45. The lowest BCUT2D eigenvalue weighted by Gasteiger charge is -2.17. The van der Waals surface area contributed by atoms with Gasteiger partial charge >= 0.3 is 0 Å². The van der Waals surface area contributed by atoms with E-state index in [-0.39, 0.29) is 5.91 Å². The monoisotopic (exact) mass is 286 g/mol. The lowest BCUT2D eigenvalue weighted by Crippen LogP contribution is -2.28. The van der Waals surface area contributed by atoms with Crippen molar-refractivity contribution in [3.8, 4) is 0 Å². The number of thioether (sulfide) groups is 1. The molecule has 1 aromatic rings. The highest BCUT2D eigenvalue weighted by molar-refractivity contribution is 7.98. The summed E-state index contributed by atoms with van der Waals surface area (Å²) in [4.78, 5) is 18.1. The Morgan fingerprint density at radius 3 is 2.83 bits per heavy atom. The van der Waals surface area contributed by atoms with E-state index < -0.39 is 0 Å². The van der Waals surface area contributed by atoms with Gasteiger partial charge in [-0.2, -0.15) is 11.8 Å². The van der Waals surface area contributed by atoms with Crippen LogP contribution in [0.4, 0.5) is 0 Å². The standard InChI is InChI=1S/C13H19ClN2OS/c1-4-11-8-10(9-12(14)15-11)13(17)16(2)6-5-7-18-3/h8-9H,4-7H2,1-3H3. The van der Waals surface area contributed by atoms with Gasteiger partial charge in [0.1, 0.15) is 5.15 Å². The smallest absolute Gasteiger partial charge is 0.253 e. The first-order valence-corrected chi connectivity index (χ1v) is 7.76. The van der Waals surface area contributed by atoms with Crippen molar-refractivity contribution < 1.29 is 4.79 Å². The van der Waals surface area contributed by atoms with Crippen LogP contribution in [0.3, 0.4) is 0 Å².